The van der Waals surface area contributed by atoms with Crippen LogP contribution in [0.3, 0.4) is 0 Å². The predicted molar refractivity (Wildman–Crippen MR) is 154 cm³/mol. The van der Waals surface area contributed by atoms with Crippen LogP contribution in [0.2, 0.25) is 0 Å². The van der Waals surface area contributed by atoms with Crippen LogP contribution in [0.15, 0.2) is 72.9 Å². The molecule has 2 aromatic carbocycles. The minimum Gasteiger partial charge on any atom is -0.489 e. The molecule has 5 nitrogen and oxygen atoms in total. The molecule has 0 aliphatic carbocycles. The third-order valence-corrected chi connectivity index (χ3v) is 7.41. The van der Waals surface area contributed by atoms with Gasteiger partial charge in [0.2, 0.25) is 0 Å². The first-order chi connectivity index (χ1) is 18.5. The minimum absolute atomic E-state index is 0.145. The largest absolute Gasteiger partial charge is 0.489 e. The number of benzene rings is 2. The molecule has 0 saturated carbocycles. The molecule has 3 aromatic rings. The summed E-state index contributed by atoms with van der Waals surface area (Å²) in [5.74, 6) is 2.71. The number of pyridine rings is 1. The van der Waals surface area contributed by atoms with Gasteiger partial charge in [0.05, 0.1) is 6.10 Å². The molecule has 1 aliphatic heterocycles. The van der Waals surface area contributed by atoms with Crippen LogP contribution in [0.4, 0.5) is 5.82 Å². The van der Waals surface area contributed by atoms with E-state index in [2.05, 4.69) is 53.2 Å². The van der Waals surface area contributed by atoms with Crippen molar-refractivity contribution in [1.29, 1.82) is 0 Å². The summed E-state index contributed by atoms with van der Waals surface area (Å²) in [6, 6.07) is 22.5. The number of anilines is 1. The molecule has 0 N–H and O–H groups in total. The zero-order valence-corrected chi connectivity index (χ0v) is 23.1. The molecule has 0 amide bonds. The molecule has 2 atom stereocenters. The average molecular weight is 515 g/mol. The lowest BCUT2D eigenvalue weighted by atomic mass is 9.83. The van der Waals surface area contributed by atoms with Gasteiger partial charge in [-0.1, -0.05) is 62.2 Å². The van der Waals surface area contributed by atoms with Crippen molar-refractivity contribution in [2.45, 2.75) is 72.0 Å². The van der Waals surface area contributed by atoms with E-state index in [0.29, 0.717) is 24.0 Å². The summed E-state index contributed by atoms with van der Waals surface area (Å²) in [5, 5.41) is 0. The fourth-order valence-corrected chi connectivity index (χ4v) is 5.50. The second kappa shape index (κ2) is 14.0. The molecule has 1 aliphatic rings. The monoisotopic (exact) mass is 514 g/mol. The number of hydrogen-bond acceptors (Lipinski definition) is 5. The maximum atomic E-state index is 12.7. The smallest absolute Gasteiger partial charge is 0.342 e. The molecular weight excluding hydrogens is 472 g/mol. The first-order valence-corrected chi connectivity index (χ1v) is 14.2. The molecule has 1 fully saturated rings. The second-order valence-corrected chi connectivity index (χ2v) is 10.7. The summed E-state index contributed by atoms with van der Waals surface area (Å²) in [6.45, 7) is 8.53. The summed E-state index contributed by atoms with van der Waals surface area (Å²) in [6.07, 6.45) is 8.71. The normalized spacial score (nSPS) is 16.0. The molecule has 4 rings (SSSR count). The van der Waals surface area contributed by atoms with E-state index in [1.54, 1.807) is 6.20 Å². The van der Waals surface area contributed by atoms with E-state index in [4.69, 9.17) is 9.47 Å². The molecule has 2 heterocycles. The van der Waals surface area contributed by atoms with Crippen LogP contribution >= 0.6 is 0 Å². The molecule has 5 heteroatoms. The molecular formula is C33H42N2O3. The topological polar surface area (TPSA) is 51.7 Å². The molecule has 0 spiro atoms. The van der Waals surface area contributed by atoms with E-state index in [1.165, 1.54) is 36.8 Å². The highest BCUT2D eigenvalue weighted by molar-refractivity contribution is 5.94. The van der Waals surface area contributed by atoms with Gasteiger partial charge in [-0.2, -0.15) is 0 Å². The van der Waals surface area contributed by atoms with Crippen molar-refractivity contribution in [2.75, 3.05) is 18.0 Å². The van der Waals surface area contributed by atoms with Gasteiger partial charge >= 0.3 is 5.97 Å². The Kier molecular flexibility index (Phi) is 10.2. The van der Waals surface area contributed by atoms with Crippen LogP contribution < -0.4 is 9.64 Å². The quantitative estimate of drug-likeness (QED) is 0.221. The number of ether oxygens (including phenoxy) is 2. The summed E-state index contributed by atoms with van der Waals surface area (Å²) in [4.78, 5) is 19.5. The lowest BCUT2D eigenvalue weighted by Crippen LogP contribution is -2.26. The van der Waals surface area contributed by atoms with Crippen molar-refractivity contribution in [3.05, 3.63) is 89.6 Å². The highest BCUT2D eigenvalue weighted by Crippen LogP contribution is 2.34. The van der Waals surface area contributed by atoms with E-state index >= 15 is 0 Å². The first-order valence-electron chi connectivity index (χ1n) is 14.2. The second-order valence-electron chi connectivity index (χ2n) is 10.7. The van der Waals surface area contributed by atoms with Gasteiger partial charge < -0.3 is 14.4 Å². The standard InChI is InChI=1S/C33H42N2O3/c1-4-10-28(14-8-13-26-16-18-30(19-17-26)37-24-27-11-6-5-7-12-27)29-20-22-35(23-29)32-31(15-9-21-34-32)33(36)38-25(2)3/h5-7,9,11-12,15-19,21,25,28-29H,4,8,10,13-14,20,22-24H2,1-3H3. The lowest BCUT2D eigenvalue weighted by molar-refractivity contribution is 0.0378. The van der Waals surface area contributed by atoms with Gasteiger partial charge in [-0.25, -0.2) is 9.78 Å². The number of nitrogens with zero attached hydrogens (tertiary/aromatic N) is 2. The predicted octanol–water partition coefficient (Wildman–Crippen LogP) is 7.49. The molecule has 38 heavy (non-hydrogen) atoms. The molecule has 2 unspecified atom stereocenters. The van der Waals surface area contributed by atoms with Crippen LogP contribution in [0.5, 0.6) is 5.75 Å². The summed E-state index contributed by atoms with van der Waals surface area (Å²) in [7, 11) is 0. The highest BCUT2D eigenvalue weighted by atomic mass is 16.5. The summed E-state index contributed by atoms with van der Waals surface area (Å²) >= 11 is 0. The van der Waals surface area contributed by atoms with E-state index < -0.39 is 0 Å². The van der Waals surface area contributed by atoms with Crippen molar-refractivity contribution in [2.24, 2.45) is 11.8 Å². The van der Waals surface area contributed by atoms with Gasteiger partial charge in [0.25, 0.3) is 0 Å². The van der Waals surface area contributed by atoms with Crippen molar-refractivity contribution in [3.63, 3.8) is 0 Å². The zero-order valence-electron chi connectivity index (χ0n) is 23.1. The Hall–Kier alpha value is -3.34. The molecule has 1 aromatic heterocycles. The number of rotatable bonds is 13. The SMILES string of the molecule is CCCC(CCCc1ccc(OCc2ccccc2)cc1)C1CCN(c2ncccc2C(=O)OC(C)C)C1. The maximum Gasteiger partial charge on any atom is 0.342 e. The van der Waals surface area contributed by atoms with Crippen molar-refractivity contribution >= 4 is 11.8 Å². The highest BCUT2D eigenvalue weighted by Gasteiger charge is 2.31. The van der Waals surface area contributed by atoms with Gasteiger partial charge in [-0.3, -0.25) is 0 Å². The Bertz CT molecular complexity index is 1130. The number of esters is 1. The van der Waals surface area contributed by atoms with Gasteiger partial charge in [0, 0.05) is 19.3 Å². The third-order valence-electron chi connectivity index (χ3n) is 7.41. The molecule has 0 radical (unpaired) electrons. The number of aryl methyl sites for hydroxylation is 1. The number of carbonyl (C=O) groups excluding carboxylic acids is 1. The number of carbonyl (C=O) groups is 1. The van der Waals surface area contributed by atoms with Crippen LogP contribution in [0, 0.1) is 11.8 Å². The minimum atomic E-state index is -0.284. The van der Waals surface area contributed by atoms with Crippen LogP contribution in [0.25, 0.3) is 0 Å². The number of aromatic nitrogens is 1. The van der Waals surface area contributed by atoms with Crippen LogP contribution in [-0.4, -0.2) is 30.1 Å². The fraction of sp³-hybridized carbons (Fsp3) is 0.455. The number of hydrogen-bond donors (Lipinski definition) is 0. The third kappa shape index (κ3) is 7.83. The van der Waals surface area contributed by atoms with E-state index in [-0.39, 0.29) is 12.1 Å². The fourth-order valence-electron chi connectivity index (χ4n) is 5.50. The summed E-state index contributed by atoms with van der Waals surface area (Å²) < 4.78 is 11.4. The average Bonchev–Trinajstić information content (AvgIpc) is 3.42. The van der Waals surface area contributed by atoms with Crippen LogP contribution in [-0.2, 0) is 17.8 Å². The Morgan fingerprint density at radius 2 is 1.79 bits per heavy atom. The van der Waals surface area contributed by atoms with E-state index in [0.717, 1.165) is 37.5 Å². The molecule has 0 bridgehead atoms. The van der Waals surface area contributed by atoms with E-state index in [9.17, 15) is 4.79 Å². The lowest BCUT2D eigenvalue weighted by Gasteiger charge is -2.25. The Morgan fingerprint density at radius 3 is 2.53 bits per heavy atom. The van der Waals surface area contributed by atoms with Gasteiger partial charge in [0.1, 0.15) is 23.7 Å². The Labute approximate surface area is 228 Å². The van der Waals surface area contributed by atoms with Crippen LogP contribution in [0.1, 0.15) is 74.4 Å². The first kappa shape index (κ1) is 27.7. The van der Waals surface area contributed by atoms with Crippen molar-refractivity contribution < 1.29 is 14.3 Å². The maximum absolute atomic E-state index is 12.7. The Balaban J connectivity index is 1.28. The molecule has 1 saturated heterocycles. The van der Waals surface area contributed by atoms with Gasteiger partial charge in [-0.05, 0) is 86.8 Å². The van der Waals surface area contributed by atoms with Crippen molar-refractivity contribution in [3.8, 4) is 5.75 Å². The summed E-state index contributed by atoms with van der Waals surface area (Å²) in [5.41, 5.74) is 3.12. The molecule has 202 valence electrons. The Morgan fingerprint density at radius 1 is 1.00 bits per heavy atom. The van der Waals surface area contributed by atoms with Crippen molar-refractivity contribution in [1.82, 2.24) is 4.98 Å². The van der Waals surface area contributed by atoms with Gasteiger partial charge in [-0.15, -0.1) is 0 Å². The zero-order chi connectivity index (χ0) is 26.7. The van der Waals surface area contributed by atoms with Gasteiger partial charge in [0.15, 0.2) is 0 Å². The van der Waals surface area contributed by atoms with E-state index in [1.807, 2.05) is 44.2 Å².